The monoisotopic (exact) mass is 261 g/mol. The van der Waals surface area contributed by atoms with Crippen molar-refractivity contribution in [2.24, 2.45) is 17.6 Å². The zero-order chi connectivity index (χ0) is 13.1. The van der Waals surface area contributed by atoms with Gasteiger partial charge in [-0.1, -0.05) is 25.3 Å². The Morgan fingerprint density at radius 1 is 1.05 bits per heavy atom. The Balaban J connectivity index is 1.69. The highest BCUT2D eigenvalue weighted by Gasteiger charge is 2.25. The van der Waals surface area contributed by atoms with Gasteiger partial charge in [-0.2, -0.15) is 0 Å². The average molecular weight is 261 g/mol. The molecule has 0 saturated heterocycles. The highest BCUT2D eigenvalue weighted by atomic mass is 16.7. The van der Waals surface area contributed by atoms with E-state index in [1.54, 1.807) is 0 Å². The maximum atomic E-state index is 5.75. The van der Waals surface area contributed by atoms with Crippen LogP contribution in [0.25, 0.3) is 0 Å². The summed E-state index contributed by atoms with van der Waals surface area (Å²) in [6, 6.07) is 6.37. The van der Waals surface area contributed by atoms with Crippen LogP contribution >= 0.6 is 0 Å². The number of hydrogen-bond donors (Lipinski definition) is 1. The molecule has 1 fully saturated rings. The molecule has 2 atom stereocenters. The highest BCUT2D eigenvalue weighted by Crippen LogP contribution is 2.37. The van der Waals surface area contributed by atoms with Gasteiger partial charge in [-0.15, -0.1) is 0 Å². The van der Waals surface area contributed by atoms with Gasteiger partial charge in [0, 0.05) is 0 Å². The summed E-state index contributed by atoms with van der Waals surface area (Å²) in [5.41, 5.74) is 7.13. The first-order valence-electron chi connectivity index (χ1n) is 7.45. The van der Waals surface area contributed by atoms with Crippen LogP contribution in [0.4, 0.5) is 0 Å². The summed E-state index contributed by atoms with van der Waals surface area (Å²) in [7, 11) is 0. The van der Waals surface area contributed by atoms with Crippen LogP contribution in [0.3, 0.4) is 0 Å². The summed E-state index contributed by atoms with van der Waals surface area (Å²) in [5, 5.41) is 0. The standard InChI is InChI=1S/C16H23NO2/c17-8-7-13-3-1-2-4-14(13)9-12-5-6-15-16(10-12)19-11-18-15/h5-6,10,13-14H,1-4,7-9,11,17H2. The van der Waals surface area contributed by atoms with Crippen LogP contribution in [0.15, 0.2) is 18.2 Å². The molecule has 104 valence electrons. The van der Waals surface area contributed by atoms with Crippen molar-refractivity contribution in [1.82, 2.24) is 0 Å². The maximum absolute atomic E-state index is 5.75. The molecular weight excluding hydrogens is 238 g/mol. The van der Waals surface area contributed by atoms with E-state index < -0.39 is 0 Å². The molecule has 0 radical (unpaired) electrons. The number of nitrogens with two attached hydrogens (primary N) is 1. The number of rotatable bonds is 4. The molecule has 1 saturated carbocycles. The minimum absolute atomic E-state index is 0.359. The van der Waals surface area contributed by atoms with Gasteiger partial charge < -0.3 is 15.2 Å². The summed E-state index contributed by atoms with van der Waals surface area (Å²) in [6.45, 7) is 1.18. The first-order chi connectivity index (χ1) is 9.36. The molecular formula is C16H23NO2. The maximum Gasteiger partial charge on any atom is 0.231 e. The second kappa shape index (κ2) is 5.83. The van der Waals surface area contributed by atoms with Crippen LogP contribution in [0, 0.1) is 11.8 Å². The Hall–Kier alpha value is -1.22. The average Bonchev–Trinajstić information content (AvgIpc) is 2.89. The van der Waals surface area contributed by atoms with Crippen molar-refractivity contribution in [3.8, 4) is 11.5 Å². The molecule has 0 spiro atoms. The fourth-order valence-electron chi connectivity index (χ4n) is 3.52. The summed E-state index contributed by atoms with van der Waals surface area (Å²) in [6.07, 6.45) is 7.78. The Kier molecular flexibility index (Phi) is 3.92. The van der Waals surface area contributed by atoms with Gasteiger partial charge in [0.1, 0.15) is 0 Å². The molecule has 2 unspecified atom stereocenters. The third kappa shape index (κ3) is 2.86. The predicted molar refractivity (Wildman–Crippen MR) is 75.4 cm³/mol. The summed E-state index contributed by atoms with van der Waals surface area (Å²) >= 11 is 0. The number of fused-ring (bicyclic) bond motifs is 1. The smallest absolute Gasteiger partial charge is 0.231 e. The van der Waals surface area contributed by atoms with Crippen molar-refractivity contribution in [3.05, 3.63) is 23.8 Å². The van der Waals surface area contributed by atoms with E-state index in [1.165, 1.54) is 37.7 Å². The topological polar surface area (TPSA) is 44.5 Å². The molecule has 1 aliphatic heterocycles. The minimum Gasteiger partial charge on any atom is -0.454 e. The second-order valence-electron chi connectivity index (χ2n) is 5.77. The zero-order valence-corrected chi connectivity index (χ0v) is 11.4. The van der Waals surface area contributed by atoms with Crippen LogP contribution in [-0.2, 0) is 6.42 Å². The predicted octanol–water partition coefficient (Wildman–Crippen LogP) is 3.11. The van der Waals surface area contributed by atoms with Gasteiger partial charge in [0.05, 0.1) is 0 Å². The Bertz CT molecular complexity index is 431. The molecule has 0 amide bonds. The first kappa shape index (κ1) is 12.8. The normalized spacial score (nSPS) is 25.5. The van der Waals surface area contributed by atoms with E-state index in [9.17, 15) is 0 Å². The quantitative estimate of drug-likeness (QED) is 0.905. The Morgan fingerprint density at radius 2 is 1.84 bits per heavy atom. The van der Waals surface area contributed by atoms with Gasteiger partial charge in [0.25, 0.3) is 0 Å². The number of hydrogen-bond acceptors (Lipinski definition) is 3. The van der Waals surface area contributed by atoms with Crippen LogP contribution in [0.2, 0.25) is 0 Å². The van der Waals surface area contributed by atoms with Crippen LogP contribution in [-0.4, -0.2) is 13.3 Å². The molecule has 3 rings (SSSR count). The van der Waals surface area contributed by atoms with E-state index in [0.717, 1.165) is 36.3 Å². The molecule has 1 aromatic carbocycles. The molecule has 3 nitrogen and oxygen atoms in total. The molecule has 0 bridgehead atoms. The van der Waals surface area contributed by atoms with E-state index in [2.05, 4.69) is 12.1 Å². The van der Waals surface area contributed by atoms with E-state index in [4.69, 9.17) is 15.2 Å². The first-order valence-corrected chi connectivity index (χ1v) is 7.45. The fraction of sp³-hybridized carbons (Fsp3) is 0.625. The lowest BCUT2D eigenvalue weighted by Gasteiger charge is -2.31. The SMILES string of the molecule is NCCC1CCCCC1Cc1ccc2c(c1)OCO2. The molecule has 1 aromatic rings. The van der Waals surface area contributed by atoms with E-state index in [-0.39, 0.29) is 0 Å². The lowest BCUT2D eigenvalue weighted by molar-refractivity contribution is 0.174. The zero-order valence-electron chi connectivity index (χ0n) is 11.4. The van der Waals surface area contributed by atoms with E-state index >= 15 is 0 Å². The largest absolute Gasteiger partial charge is 0.454 e. The van der Waals surface area contributed by atoms with Crippen molar-refractivity contribution in [2.75, 3.05) is 13.3 Å². The van der Waals surface area contributed by atoms with Gasteiger partial charge in [0.2, 0.25) is 6.79 Å². The molecule has 2 aliphatic rings. The number of ether oxygens (including phenoxy) is 2. The van der Waals surface area contributed by atoms with Crippen LogP contribution in [0.5, 0.6) is 11.5 Å². The summed E-state index contributed by atoms with van der Waals surface area (Å²) in [4.78, 5) is 0. The van der Waals surface area contributed by atoms with Gasteiger partial charge in [-0.25, -0.2) is 0 Å². The fourth-order valence-corrected chi connectivity index (χ4v) is 3.52. The van der Waals surface area contributed by atoms with Gasteiger partial charge in [0.15, 0.2) is 11.5 Å². The van der Waals surface area contributed by atoms with Gasteiger partial charge >= 0.3 is 0 Å². The minimum atomic E-state index is 0.359. The lowest BCUT2D eigenvalue weighted by atomic mass is 9.74. The summed E-state index contributed by atoms with van der Waals surface area (Å²) < 4.78 is 10.8. The van der Waals surface area contributed by atoms with Crippen molar-refractivity contribution in [2.45, 2.75) is 38.5 Å². The van der Waals surface area contributed by atoms with Crippen molar-refractivity contribution in [3.63, 3.8) is 0 Å². The highest BCUT2D eigenvalue weighted by molar-refractivity contribution is 5.44. The van der Waals surface area contributed by atoms with Crippen LogP contribution < -0.4 is 15.2 Å². The molecule has 3 heteroatoms. The molecule has 0 aromatic heterocycles. The van der Waals surface area contributed by atoms with Gasteiger partial charge in [-0.3, -0.25) is 0 Å². The van der Waals surface area contributed by atoms with Crippen molar-refractivity contribution in [1.29, 1.82) is 0 Å². The van der Waals surface area contributed by atoms with Gasteiger partial charge in [-0.05, 0) is 55.3 Å². The van der Waals surface area contributed by atoms with Crippen LogP contribution in [0.1, 0.15) is 37.7 Å². The van der Waals surface area contributed by atoms with Crippen molar-refractivity contribution >= 4 is 0 Å². The molecule has 2 N–H and O–H groups in total. The Morgan fingerprint density at radius 3 is 2.68 bits per heavy atom. The van der Waals surface area contributed by atoms with Crippen molar-refractivity contribution < 1.29 is 9.47 Å². The van der Waals surface area contributed by atoms with E-state index in [1.807, 2.05) is 6.07 Å². The van der Waals surface area contributed by atoms with E-state index in [0.29, 0.717) is 6.79 Å². The third-order valence-corrected chi connectivity index (χ3v) is 4.54. The molecule has 1 aliphatic carbocycles. The molecule has 19 heavy (non-hydrogen) atoms. The summed E-state index contributed by atoms with van der Waals surface area (Å²) in [5.74, 6) is 3.39. The Labute approximate surface area is 115 Å². The lowest BCUT2D eigenvalue weighted by Crippen LogP contribution is -2.24. The third-order valence-electron chi connectivity index (χ3n) is 4.54. The second-order valence-corrected chi connectivity index (χ2v) is 5.77. The molecule has 1 heterocycles. The number of benzene rings is 1.